The molecule has 2 unspecified atom stereocenters. The van der Waals surface area contributed by atoms with Crippen molar-refractivity contribution in [2.75, 3.05) is 6.54 Å². The van der Waals surface area contributed by atoms with Crippen molar-refractivity contribution in [1.29, 1.82) is 0 Å². The second-order valence-corrected chi connectivity index (χ2v) is 7.61. The third kappa shape index (κ3) is 3.79. The van der Waals surface area contributed by atoms with Crippen molar-refractivity contribution in [2.45, 2.75) is 31.0 Å². The number of nitrogens with zero attached hydrogens (tertiary/aromatic N) is 1. The van der Waals surface area contributed by atoms with Gasteiger partial charge in [-0.15, -0.1) is 0 Å². The molecule has 0 N–H and O–H groups in total. The Balaban J connectivity index is 1.59. The fraction of sp³-hybridized carbons (Fsp3) is 0.438. The van der Waals surface area contributed by atoms with Crippen LogP contribution >= 0.6 is 0 Å². The summed E-state index contributed by atoms with van der Waals surface area (Å²) >= 11 is 0. The van der Waals surface area contributed by atoms with Gasteiger partial charge in [-0.3, -0.25) is 0 Å². The van der Waals surface area contributed by atoms with E-state index in [-0.39, 0.29) is 24.7 Å². The van der Waals surface area contributed by atoms with Crippen molar-refractivity contribution in [1.82, 2.24) is 4.90 Å². The molecule has 1 aliphatic heterocycles. The number of carbonyl (C=O) groups excluding carboxylic acids is 1. The van der Waals surface area contributed by atoms with Gasteiger partial charge in [0.2, 0.25) is 0 Å². The first-order chi connectivity index (χ1) is 12.2. The Hall–Kier alpha value is -2.23. The summed E-state index contributed by atoms with van der Waals surface area (Å²) in [4.78, 5) is 13.7. The van der Waals surface area contributed by atoms with Crippen LogP contribution in [0.5, 0.6) is 0 Å². The minimum atomic E-state index is -5.70. The number of hydrogen-bond donors (Lipinski definition) is 0. The van der Waals surface area contributed by atoms with E-state index in [1.807, 2.05) is 6.07 Å². The predicted octanol–water partition coefficient (Wildman–Crippen LogP) is 3.17. The smallest absolute Gasteiger partial charge is 0.445 e. The fourth-order valence-electron chi connectivity index (χ4n) is 3.13. The Morgan fingerprint density at radius 1 is 1.23 bits per heavy atom. The molecule has 10 heteroatoms. The van der Waals surface area contributed by atoms with Crippen LogP contribution in [0.3, 0.4) is 0 Å². The molecule has 1 aliphatic carbocycles. The highest BCUT2D eigenvalue weighted by atomic mass is 32.2. The van der Waals surface area contributed by atoms with Crippen LogP contribution in [0.2, 0.25) is 0 Å². The zero-order valence-electron chi connectivity index (χ0n) is 13.5. The van der Waals surface area contributed by atoms with Gasteiger partial charge < -0.3 is 13.8 Å². The van der Waals surface area contributed by atoms with Gasteiger partial charge in [0, 0.05) is 24.9 Å². The van der Waals surface area contributed by atoms with Crippen LogP contribution in [0, 0.1) is 5.92 Å². The molecule has 2 aliphatic rings. The molecule has 1 fully saturated rings. The number of alkyl halides is 3. The van der Waals surface area contributed by atoms with Crippen molar-refractivity contribution in [3.05, 3.63) is 47.7 Å². The van der Waals surface area contributed by atoms with E-state index in [0.29, 0.717) is 13.0 Å². The van der Waals surface area contributed by atoms with Gasteiger partial charge in [0.15, 0.2) is 0 Å². The highest BCUT2D eigenvalue weighted by Crippen LogP contribution is 2.39. The molecule has 1 heterocycles. The standard InChI is InChI=1S/C16H16F3NO5S/c17-16(18,19)26(22,23)25-13-8-12-6-7-20(14(12)9-13)15(21)24-10-11-4-2-1-3-5-11/h1-5,8,12,14H,6-7,9-10H2. The molecule has 1 saturated heterocycles. The largest absolute Gasteiger partial charge is 0.534 e. The second-order valence-electron chi connectivity index (χ2n) is 6.07. The summed E-state index contributed by atoms with van der Waals surface area (Å²) in [5.41, 5.74) is -4.68. The van der Waals surface area contributed by atoms with Crippen molar-refractivity contribution >= 4 is 16.2 Å². The number of carbonyl (C=O) groups is 1. The molecule has 0 bridgehead atoms. The van der Waals surface area contributed by atoms with Crippen molar-refractivity contribution in [3.8, 4) is 0 Å². The maximum Gasteiger partial charge on any atom is 0.534 e. The summed E-state index contributed by atoms with van der Waals surface area (Å²) in [5, 5.41) is 0. The molecule has 2 atom stereocenters. The van der Waals surface area contributed by atoms with Gasteiger partial charge >= 0.3 is 21.7 Å². The summed E-state index contributed by atoms with van der Waals surface area (Å²) in [7, 11) is -5.70. The summed E-state index contributed by atoms with van der Waals surface area (Å²) < 4.78 is 68.9. The van der Waals surface area contributed by atoms with E-state index in [2.05, 4.69) is 4.18 Å². The SMILES string of the molecule is O=C(OCc1ccccc1)N1CCC2C=C(OS(=O)(=O)C(F)(F)F)CC21. The molecule has 26 heavy (non-hydrogen) atoms. The van der Waals surface area contributed by atoms with Crippen LogP contribution in [0.4, 0.5) is 18.0 Å². The summed E-state index contributed by atoms with van der Waals surface area (Å²) in [5.74, 6) is -0.546. The highest BCUT2D eigenvalue weighted by molar-refractivity contribution is 7.87. The first-order valence-corrected chi connectivity index (χ1v) is 9.27. The third-order valence-corrected chi connectivity index (χ3v) is 5.35. The van der Waals surface area contributed by atoms with Crippen molar-refractivity contribution in [2.24, 2.45) is 5.92 Å². The molecular weight excluding hydrogens is 375 g/mol. The van der Waals surface area contributed by atoms with Gasteiger partial charge in [0.1, 0.15) is 12.4 Å². The van der Waals surface area contributed by atoms with E-state index in [1.165, 1.54) is 11.0 Å². The van der Waals surface area contributed by atoms with Crippen LogP contribution in [-0.2, 0) is 25.6 Å². The van der Waals surface area contributed by atoms with E-state index in [1.54, 1.807) is 24.3 Å². The molecule has 0 spiro atoms. The number of fused-ring (bicyclic) bond motifs is 1. The number of halogens is 3. The Morgan fingerprint density at radius 2 is 1.92 bits per heavy atom. The van der Waals surface area contributed by atoms with Gasteiger partial charge in [0.05, 0.1) is 0 Å². The van der Waals surface area contributed by atoms with Gasteiger partial charge in [-0.05, 0) is 18.1 Å². The Bertz CT molecular complexity index is 807. The van der Waals surface area contributed by atoms with Gasteiger partial charge in [-0.25, -0.2) is 4.79 Å². The van der Waals surface area contributed by atoms with Crippen molar-refractivity contribution in [3.63, 3.8) is 0 Å². The van der Waals surface area contributed by atoms with Crippen LogP contribution in [0.15, 0.2) is 42.2 Å². The van der Waals surface area contributed by atoms with Gasteiger partial charge in [-0.2, -0.15) is 21.6 Å². The molecule has 0 radical (unpaired) electrons. The average molecular weight is 391 g/mol. The lowest BCUT2D eigenvalue weighted by Crippen LogP contribution is -2.37. The van der Waals surface area contributed by atoms with E-state index >= 15 is 0 Å². The first-order valence-electron chi connectivity index (χ1n) is 7.86. The maximum absolute atomic E-state index is 12.4. The molecule has 0 saturated carbocycles. The van der Waals surface area contributed by atoms with Crippen molar-refractivity contribution < 1.29 is 35.3 Å². The predicted molar refractivity (Wildman–Crippen MR) is 84.0 cm³/mol. The Morgan fingerprint density at radius 3 is 2.58 bits per heavy atom. The van der Waals surface area contributed by atoms with Crippen LogP contribution in [-0.4, -0.2) is 37.5 Å². The van der Waals surface area contributed by atoms with Gasteiger partial charge in [-0.1, -0.05) is 30.3 Å². The van der Waals surface area contributed by atoms with E-state index < -0.39 is 27.8 Å². The Labute approximate surface area is 148 Å². The summed E-state index contributed by atoms with van der Waals surface area (Å²) in [6, 6.07) is 8.58. The minimum Gasteiger partial charge on any atom is -0.445 e. The van der Waals surface area contributed by atoms with Crippen LogP contribution in [0.25, 0.3) is 0 Å². The number of likely N-dealkylation sites (tertiary alicyclic amines) is 1. The minimum absolute atomic E-state index is 0.0762. The van der Waals surface area contributed by atoms with E-state index in [0.717, 1.165) is 5.56 Å². The maximum atomic E-state index is 12.4. The number of hydrogen-bond acceptors (Lipinski definition) is 5. The zero-order chi connectivity index (χ0) is 18.9. The molecule has 1 aromatic carbocycles. The van der Waals surface area contributed by atoms with Gasteiger partial charge in [0.25, 0.3) is 0 Å². The molecule has 6 nitrogen and oxygen atoms in total. The normalized spacial score (nSPS) is 22.7. The van der Waals surface area contributed by atoms with Crippen LogP contribution < -0.4 is 0 Å². The van der Waals surface area contributed by atoms with Crippen LogP contribution in [0.1, 0.15) is 18.4 Å². The lowest BCUT2D eigenvalue weighted by atomic mass is 10.1. The number of ether oxygens (including phenoxy) is 1. The summed E-state index contributed by atoms with van der Waals surface area (Å²) in [6.45, 7) is 0.464. The van der Waals surface area contributed by atoms with E-state index in [9.17, 15) is 26.4 Å². The third-order valence-electron chi connectivity index (χ3n) is 4.35. The average Bonchev–Trinajstić information content (AvgIpc) is 3.12. The van der Waals surface area contributed by atoms with E-state index in [4.69, 9.17) is 4.74 Å². The molecule has 0 aromatic heterocycles. The zero-order valence-corrected chi connectivity index (χ0v) is 14.3. The molecule has 1 amide bonds. The monoisotopic (exact) mass is 391 g/mol. The molecular formula is C16H16F3NO5S. The number of amides is 1. The number of rotatable bonds is 4. The molecule has 1 aromatic rings. The lowest BCUT2D eigenvalue weighted by molar-refractivity contribution is -0.0523. The number of benzene rings is 1. The first kappa shape index (κ1) is 18.6. The lowest BCUT2D eigenvalue weighted by Gasteiger charge is -2.23. The molecule has 142 valence electrons. The topological polar surface area (TPSA) is 72.9 Å². The summed E-state index contributed by atoms with van der Waals surface area (Å²) in [6.07, 6.45) is 1.16. The quantitative estimate of drug-likeness (QED) is 0.582. The fourth-order valence-corrected chi connectivity index (χ4v) is 3.63. The molecule has 3 rings (SSSR count). The Kier molecular flexibility index (Phi) is 4.87. The second kappa shape index (κ2) is 6.82. The highest BCUT2D eigenvalue weighted by Gasteiger charge is 2.50.